The molecule has 2 N–H and O–H groups in total. The summed E-state index contributed by atoms with van der Waals surface area (Å²) >= 11 is 0. The van der Waals surface area contributed by atoms with Crippen molar-refractivity contribution in [3.05, 3.63) is 18.0 Å². The molecular weight excluding hydrogens is 330 g/mol. The number of carbonyl (C=O) groups is 2. The number of amides is 2. The number of likely N-dealkylation sites (tertiary alicyclic amines) is 1. The van der Waals surface area contributed by atoms with Crippen molar-refractivity contribution < 1.29 is 9.59 Å². The zero-order valence-corrected chi connectivity index (χ0v) is 15.9. The van der Waals surface area contributed by atoms with Crippen molar-refractivity contribution in [2.75, 3.05) is 20.1 Å². The predicted octanol–water partition coefficient (Wildman–Crippen LogP) is 1.37. The van der Waals surface area contributed by atoms with Crippen LogP contribution in [0.15, 0.2) is 12.4 Å². The molecule has 0 bridgehead atoms. The maximum absolute atomic E-state index is 12.9. The van der Waals surface area contributed by atoms with Crippen molar-refractivity contribution >= 4 is 11.8 Å². The van der Waals surface area contributed by atoms with Crippen LogP contribution >= 0.6 is 0 Å². The number of nitrogens with zero attached hydrogens (tertiary/aromatic N) is 3. The summed E-state index contributed by atoms with van der Waals surface area (Å²) in [7, 11) is 3.65. The Labute approximate surface area is 155 Å². The van der Waals surface area contributed by atoms with Gasteiger partial charge in [-0.05, 0) is 32.7 Å². The van der Waals surface area contributed by atoms with Crippen molar-refractivity contribution in [1.82, 2.24) is 25.3 Å². The molecule has 1 atom stereocenters. The van der Waals surface area contributed by atoms with Crippen molar-refractivity contribution in [3.63, 3.8) is 0 Å². The normalized spacial score (nSPS) is 20.8. The lowest BCUT2D eigenvalue weighted by atomic mass is 9.88. The fourth-order valence-electron chi connectivity index (χ4n) is 4.13. The fourth-order valence-corrected chi connectivity index (χ4v) is 4.13. The molecule has 1 aromatic heterocycles. The maximum Gasteiger partial charge on any atom is 0.244 e. The number of nitrogens with one attached hydrogen (secondary N) is 2. The van der Waals surface area contributed by atoms with Gasteiger partial charge in [0, 0.05) is 43.9 Å². The van der Waals surface area contributed by atoms with Gasteiger partial charge in [-0.3, -0.25) is 14.3 Å². The summed E-state index contributed by atoms with van der Waals surface area (Å²) in [4.78, 5) is 27.2. The quantitative estimate of drug-likeness (QED) is 0.830. The van der Waals surface area contributed by atoms with Gasteiger partial charge in [0.05, 0.1) is 6.20 Å². The largest absolute Gasteiger partial charge is 0.353 e. The molecule has 1 aliphatic carbocycles. The monoisotopic (exact) mass is 361 g/mol. The zero-order valence-electron chi connectivity index (χ0n) is 15.9. The Bertz CT molecular complexity index is 615. The highest BCUT2D eigenvalue weighted by Crippen LogP contribution is 2.24. The summed E-state index contributed by atoms with van der Waals surface area (Å²) in [6.07, 6.45) is 10.9. The number of piperidine rings is 1. The number of likely N-dealkylation sites (N-methyl/N-ethyl adjacent to an activating group) is 1. The topological polar surface area (TPSA) is 79.3 Å². The summed E-state index contributed by atoms with van der Waals surface area (Å²) in [5, 5.41) is 10.5. The van der Waals surface area contributed by atoms with Gasteiger partial charge in [0.15, 0.2) is 0 Å². The van der Waals surface area contributed by atoms with E-state index in [4.69, 9.17) is 0 Å². The Morgan fingerprint density at radius 3 is 2.42 bits per heavy atom. The first-order valence-corrected chi connectivity index (χ1v) is 9.83. The van der Waals surface area contributed by atoms with Gasteiger partial charge < -0.3 is 15.5 Å². The Morgan fingerprint density at radius 2 is 1.85 bits per heavy atom. The van der Waals surface area contributed by atoms with Crippen LogP contribution in [0.25, 0.3) is 0 Å². The molecule has 3 rings (SSSR count). The molecule has 1 aliphatic heterocycles. The van der Waals surface area contributed by atoms with E-state index in [0.717, 1.165) is 31.2 Å². The molecular formula is C19H31N5O2. The SMILES string of the molecule is CNC(C(=O)N1CCC(NC(=O)C2CCCCC2)CC1)c1cnn(C)c1. The summed E-state index contributed by atoms with van der Waals surface area (Å²) in [6, 6.07) is -0.169. The maximum atomic E-state index is 12.9. The summed E-state index contributed by atoms with van der Waals surface area (Å²) < 4.78 is 1.71. The van der Waals surface area contributed by atoms with E-state index in [1.54, 1.807) is 17.9 Å². The van der Waals surface area contributed by atoms with Crippen LogP contribution in [0.4, 0.5) is 0 Å². The highest BCUT2D eigenvalue weighted by atomic mass is 16.2. The number of hydrogen-bond acceptors (Lipinski definition) is 4. The summed E-state index contributed by atoms with van der Waals surface area (Å²) in [6.45, 7) is 1.37. The molecule has 1 aromatic rings. The lowest BCUT2D eigenvalue weighted by Gasteiger charge is -2.35. The van der Waals surface area contributed by atoms with Crippen molar-refractivity contribution in [2.24, 2.45) is 13.0 Å². The number of hydrogen-bond donors (Lipinski definition) is 2. The first kappa shape index (κ1) is 18.9. The number of aromatic nitrogens is 2. The molecule has 7 heteroatoms. The molecule has 2 fully saturated rings. The zero-order chi connectivity index (χ0) is 18.5. The third-order valence-corrected chi connectivity index (χ3v) is 5.72. The molecule has 2 aliphatic rings. The second-order valence-electron chi connectivity index (χ2n) is 7.61. The molecule has 1 saturated heterocycles. The number of carbonyl (C=O) groups excluding carboxylic acids is 2. The Morgan fingerprint density at radius 1 is 1.15 bits per heavy atom. The van der Waals surface area contributed by atoms with E-state index in [2.05, 4.69) is 15.7 Å². The van der Waals surface area contributed by atoms with E-state index in [-0.39, 0.29) is 29.8 Å². The smallest absolute Gasteiger partial charge is 0.244 e. The van der Waals surface area contributed by atoms with Crippen LogP contribution in [0.1, 0.15) is 56.6 Å². The van der Waals surface area contributed by atoms with E-state index in [0.29, 0.717) is 13.1 Å². The molecule has 26 heavy (non-hydrogen) atoms. The molecule has 144 valence electrons. The van der Waals surface area contributed by atoms with Gasteiger partial charge >= 0.3 is 0 Å². The Balaban J connectivity index is 1.49. The minimum atomic E-state index is -0.364. The molecule has 7 nitrogen and oxygen atoms in total. The third kappa shape index (κ3) is 4.44. The third-order valence-electron chi connectivity index (χ3n) is 5.72. The van der Waals surface area contributed by atoms with Crippen molar-refractivity contribution in [3.8, 4) is 0 Å². The molecule has 2 amide bonds. The minimum Gasteiger partial charge on any atom is -0.353 e. The van der Waals surface area contributed by atoms with E-state index >= 15 is 0 Å². The molecule has 0 aromatic carbocycles. The predicted molar refractivity (Wildman–Crippen MR) is 99.3 cm³/mol. The van der Waals surface area contributed by atoms with Crippen molar-refractivity contribution in [1.29, 1.82) is 0 Å². The Kier molecular flexibility index (Phi) is 6.29. The lowest BCUT2D eigenvalue weighted by molar-refractivity contribution is -0.134. The van der Waals surface area contributed by atoms with Crippen LogP contribution in [0.5, 0.6) is 0 Å². The van der Waals surface area contributed by atoms with Gasteiger partial charge in [-0.1, -0.05) is 19.3 Å². The Hall–Kier alpha value is -1.89. The van der Waals surface area contributed by atoms with Crippen LogP contribution in [0.2, 0.25) is 0 Å². The minimum absolute atomic E-state index is 0.0811. The molecule has 2 heterocycles. The van der Waals surface area contributed by atoms with Gasteiger partial charge in [0.2, 0.25) is 11.8 Å². The fraction of sp³-hybridized carbons (Fsp3) is 0.737. The van der Waals surface area contributed by atoms with Crippen molar-refractivity contribution in [2.45, 2.75) is 57.0 Å². The molecule has 0 radical (unpaired) electrons. The van der Waals surface area contributed by atoms with E-state index < -0.39 is 0 Å². The first-order chi connectivity index (χ1) is 12.6. The van der Waals surface area contributed by atoms with Crippen LogP contribution in [0.3, 0.4) is 0 Å². The number of rotatable bonds is 5. The first-order valence-electron chi connectivity index (χ1n) is 9.83. The molecule has 1 saturated carbocycles. The highest BCUT2D eigenvalue weighted by molar-refractivity contribution is 5.83. The second kappa shape index (κ2) is 8.66. The highest BCUT2D eigenvalue weighted by Gasteiger charge is 2.30. The van der Waals surface area contributed by atoms with E-state index in [1.807, 2.05) is 18.1 Å². The molecule has 0 spiro atoms. The van der Waals surface area contributed by atoms with Gasteiger partial charge in [-0.2, -0.15) is 5.10 Å². The van der Waals surface area contributed by atoms with Crippen LogP contribution in [0, 0.1) is 5.92 Å². The van der Waals surface area contributed by atoms with E-state index in [9.17, 15) is 9.59 Å². The van der Waals surface area contributed by atoms with Crippen LogP contribution in [-0.2, 0) is 16.6 Å². The summed E-state index contributed by atoms with van der Waals surface area (Å²) in [5.74, 6) is 0.498. The van der Waals surface area contributed by atoms with Gasteiger partial charge in [0.1, 0.15) is 6.04 Å². The van der Waals surface area contributed by atoms with Gasteiger partial charge in [-0.15, -0.1) is 0 Å². The molecule has 1 unspecified atom stereocenters. The van der Waals surface area contributed by atoms with E-state index in [1.165, 1.54) is 19.3 Å². The van der Waals surface area contributed by atoms with Crippen LogP contribution < -0.4 is 10.6 Å². The van der Waals surface area contributed by atoms with Gasteiger partial charge in [-0.25, -0.2) is 0 Å². The average molecular weight is 361 g/mol. The standard InChI is InChI=1S/C19H31N5O2/c1-20-17(15-12-21-23(2)13-15)19(26)24-10-8-16(9-11-24)22-18(25)14-6-4-3-5-7-14/h12-14,16-17,20H,3-11H2,1-2H3,(H,22,25). The second-order valence-corrected chi connectivity index (χ2v) is 7.61. The van der Waals surface area contributed by atoms with Crippen LogP contribution in [-0.4, -0.2) is 52.7 Å². The number of aryl methyl sites for hydroxylation is 1. The average Bonchev–Trinajstić information content (AvgIpc) is 3.09. The summed E-state index contributed by atoms with van der Waals surface area (Å²) in [5.41, 5.74) is 0.882. The lowest BCUT2D eigenvalue weighted by Crippen LogP contribution is -2.50. The van der Waals surface area contributed by atoms with Gasteiger partial charge in [0.25, 0.3) is 0 Å².